The normalized spacial score (nSPS) is 12.1. The largest absolute Gasteiger partial charge is 0.508 e. The Bertz CT molecular complexity index is 325. The number of phenols is 1. The molecule has 4 heteroatoms. The van der Waals surface area contributed by atoms with Crippen LogP contribution in [0.4, 0.5) is 4.79 Å². The summed E-state index contributed by atoms with van der Waals surface area (Å²) >= 11 is 0. The summed E-state index contributed by atoms with van der Waals surface area (Å²) in [6.07, 6.45) is -0.677. The first-order valence-corrected chi connectivity index (χ1v) is 4.32. The van der Waals surface area contributed by atoms with Gasteiger partial charge in [0.2, 0.25) is 0 Å². The lowest BCUT2D eigenvalue weighted by molar-refractivity contribution is 0.116. The lowest BCUT2D eigenvalue weighted by atomic mass is 10.1. The molecule has 1 unspecified atom stereocenters. The Labute approximate surface area is 82.3 Å². The zero-order valence-electron chi connectivity index (χ0n) is 7.93. The summed E-state index contributed by atoms with van der Waals surface area (Å²) < 4.78 is 4.74. The Hall–Kier alpha value is -1.71. The van der Waals surface area contributed by atoms with Crippen molar-refractivity contribution in [3.63, 3.8) is 0 Å². The summed E-state index contributed by atoms with van der Waals surface area (Å²) in [6, 6.07) is 6.91. The molecule has 0 fully saturated rings. The van der Waals surface area contributed by atoms with Crippen LogP contribution in [-0.2, 0) is 11.2 Å². The first kappa shape index (κ1) is 10.4. The highest BCUT2D eigenvalue weighted by molar-refractivity contribution is 5.64. The van der Waals surface area contributed by atoms with E-state index in [2.05, 4.69) is 0 Å². The van der Waals surface area contributed by atoms with E-state index in [1.165, 1.54) is 0 Å². The van der Waals surface area contributed by atoms with Gasteiger partial charge in [-0.05, 0) is 18.6 Å². The Balaban J connectivity index is 2.60. The topological polar surface area (TPSA) is 72.6 Å². The molecule has 1 rings (SSSR count). The quantitative estimate of drug-likeness (QED) is 0.766. The number of aromatic hydroxyl groups is 1. The molecule has 0 aliphatic rings. The predicted molar refractivity (Wildman–Crippen MR) is 51.9 cm³/mol. The second-order valence-electron chi connectivity index (χ2n) is 3.08. The zero-order valence-corrected chi connectivity index (χ0v) is 7.93. The SMILES string of the molecule is CC(Cc1ccccc1O)OC(N)=O. The van der Waals surface area contributed by atoms with Gasteiger partial charge in [-0.3, -0.25) is 0 Å². The molecule has 1 atom stereocenters. The maximum Gasteiger partial charge on any atom is 0.404 e. The van der Waals surface area contributed by atoms with Crippen molar-refractivity contribution in [1.82, 2.24) is 0 Å². The van der Waals surface area contributed by atoms with Crippen LogP contribution in [0.2, 0.25) is 0 Å². The van der Waals surface area contributed by atoms with E-state index in [1.54, 1.807) is 25.1 Å². The van der Waals surface area contributed by atoms with E-state index in [0.717, 1.165) is 5.56 Å². The van der Waals surface area contributed by atoms with Crippen molar-refractivity contribution < 1.29 is 14.6 Å². The molecule has 1 aromatic rings. The number of para-hydroxylation sites is 1. The van der Waals surface area contributed by atoms with E-state index >= 15 is 0 Å². The number of nitrogens with two attached hydrogens (primary N) is 1. The Morgan fingerprint density at radius 1 is 1.57 bits per heavy atom. The monoisotopic (exact) mass is 195 g/mol. The highest BCUT2D eigenvalue weighted by Crippen LogP contribution is 2.17. The van der Waals surface area contributed by atoms with Crippen molar-refractivity contribution in [2.24, 2.45) is 5.73 Å². The Kier molecular flexibility index (Phi) is 3.34. The fourth-order valence-corrected chi connectivity index (χ4v) is 1.23. The van der Waals surface area contributed by atoms with E-state index in [9.17, 15) is 9.90 Å². The van der Waals surface area contributed by atoms with Crippen LogP contribution in [-0.4, -0.2) is 17.3 Å². The molecule has 0 aliphatic heterocycles. The number of primary amides is 1. The molecule has 3 N–H and O–H groups in total. The minimum absolute atomic E-state index is 0.201. The van der Waals surface area contributed by atoms with Gasteiger partial charge in [-0.2, -0.15) is 0 Å². The molecule has 1 aromatic carbocycles. The van der Waals surface area contributed by atoms with Crippen molar-refractivity contribution in [2.75, 3.05) is 0 Å². The maximum atomic E-state index is 10.4. The predicted octanol–water partition coefficient (Wildman–Crippen LogP) is 1.42. The molecule has 1 amide bonds. The van der Waals surface area contributed by atoms with Crippen LogP contribution in [0, 0.1) is 0 Å². The highest BCUT2D eigenvalue weighted by atomic mass is 16.6. The zero-order chi connectivity index (χ0) is 10.6. The highest BCUT2D eigenvalue weighted by Gasteiger charge is 2.09. The third-order valence-corrected chi connectivity index (χ3v) is 1.82. The third-order valence-electron chi connectivity index (χ3n) is 1.82. The van der Waals surface area contributed by atoms with Gasteiger partial charge in [0, 0.05) is 6.42 Å². The fourth-order valence-electron chi connectivity index (χ4n) is 1.23. The van der Waals surface area contributed by atoms with Gasteiger partial charge in [-0.15, -0.1) is 0 Å². The van der Waals surface area contributed by atoms with Crippen LogP contribution >= 0.6 is 0 Å². The molecule has 76 valence electrons. The van der Waals surface area contributed by atoms with Crippen LogP contribution in [0.3, 0.4) is 0 Å². The van der Waals surface area contributed by atoms with Crippen molar-refractivity contribution in [1.29, 1.82) is 0 Å². The van der Waals surface area contributed by atoms with E-state index < -0.39 is 6.09 Å². The van der Waals surface area contributed by atoms with Crippen LogP contribution < -0.4 is 5.73 Å². The summed E-state index contributed by atoms with van der Waals surface area (Å²) in [6.45, 7) is 1.72. The van der Waals surface area contributed by atoms with Gasteiger partial charge in [0.05, 0.1) is 0 Å². The minimum atomic E-state index is -0.798. The first-order valence-electron chi connectivity index (χ1n) is 4.32. The number of benzene rings is 1. The second kappa shape index (κ2) is 4.50. The number of phenolic OH excluding ortho intramolecular Hbond substituents is 1. The Morgan fingerprint density at radius 3 is 2.79 bits per heavy atom. The summed E-state index contributed by atoms with van der Waals surface area (Å²) in [5, 5.41) is 9.42. The molecular weight excluding hydrogens is 182 g/mol. The standard InChI is InChI=1S/C10H13NO3/c1-7(14-10(11)13)6-8-4-2-3-5-9(8)12/h2-5,7,12H,6H2,1H3,(H2,11,13). The number of carbonyl (C=O) groups is 1. The van der Waals surface area contributed by atoms with E-state index in [4.69, 9.17) is 10.5 Å². The Morgan fingerprint density at radius 2 is 2.21 bits per heavy atom. The van der Waals surface area contributed by atoms with Crippen molar-refractivity contribution in [2.45, 2.75) is 19.4 Å². The van der Waals surface area contributed by atoms with Gasteiger partial charge in [-0.1, -0.05) is 18.2 Å². The molecule has 0 bridgehead atoms. The van der Waals surface area contributed by atoms with E-state index in [0.29, 0.717) is 6.42 Å². The lowest BCUT2D eigenvalue weighted by Gasteiger charge is -2.11. The van der Waals surface area contributed by atoms with Gasteiger partial charge >= 0.3 is 6.09 Å². The number of ether oxygens (including phenoxy) is 1. The number of amides is 1. The molecule has 4 nitrogen and oxygen atoms in total. The molecule has 14 heavy (non-hydrogen) atoms. The van der Waals surface area contributed by atoms with E-state index in [-0.39, 0.29) is 11.9 Å². The van der Waals surface area contributed by atoms with Gasteiger partial charge in [0.25, 0.3) is 0 Å². The summed E-state index contributed by atoms with van der Waals surface area (Å²) in [5.74, 6) is 0.201. The van der Waals surface area contributed by atoms with Crippen molar-refractivity contribution in [3.8, 4) is 5.75 Å². The average molecular weight is 195 g/mol. The number of hydrogen-bond acceptors (Lipinski definition) is 3. The maximum absolute atomic E-state index is 10.4. The van der Waals surface area contributed by atoms with Gasteiger partial charge in [0.15, 0.2) is 0 Å². The third kappa shape index (κ3) is 2.97. The molecule has 0 radical (unpaired) electrons. The van der Waals surface area contributed by atoms with Crippen LogP contribution in [0.25, 0.3) is 0 Å². The summed E-state index contributed by atoms with van der Waals surface area (Å²) in [5.41, 5.74) is 5.60. The summed E-state index contributed by atoms with van der Waals surface area (Å²) in [7, 11) is 0. The molecule has 0 saturated heterocycles. The lowest BCUT2D eigenvalue weighted by Crippen LogP contribution is -2.21. The molecular formula is C10H13NO3. The van der Waals surface area contributed by atoms with Crippen molar-refractivity contribution in [3.05, 3.63) is 29.8 Å². The second-order valence-corrected chi connectivity index (χ2v) is 3.08. The number of carbonyl (C=O) groups excluding carboxylic acids is 1. The summed E-state index contributed by atoms with van der Waals surface area (Å²) in [4.78, 5) is 10.4. The van der Waals surface area contributed by atoms with Crippen molar-refractivity contribution >= 4 is 6.09 Å². The fraction of sp³-hybridized carbons (Fsp3) is 0.300. The molecule has 0 spiro atoms. The smallest absolute Gasteiger partial charge is 0.404 e. The van der Waals surface area contributed by atoms with Gasteiger partial charge < -0.3 is 15.6 Å². The number of rotatable bonds is 3. The molecule has 0 saturated carbocycles. The van der Waals surface area contributed by atoms with Gasteiger partial charge in [-0.25, -0.2) is 4.79 Å². The first-order chi connectivity index (χ1) is 6.59. The molecule has 0 aromatic heterocycles. The van der Waals surface area contributed by atoms with Crippen LogP contribution in [0.1, 0.15) is 12.5 Å². The molecule has 0 aliphatic carbocycles. The van der Waals surface area contributed by atoms with E-state index in [1.807, 2.05) is 6.07 Å². The number of hydrogen-bond donors (Lipinski definition) is 2. The molecule has 0 heterocycles. The minimum Gasteiger partial charge on any atom is -0.508 e. The average Bonchev–Trinajstić information content (AvgIpc) is 2.07. The van der Waals surface area contributed by atoms with Gasteiger partial charge in [0.1, 0.15) is 11.9 Å². The van der Waals surface area contributed by atoms with Crippen LogP contribution in [0.15, 0.2) is 24.3 Å². The van der Waals surface area contributed by atoms with Crippen LogP contribution in [0.5, 0.6) is 5.75 Å².